The summed E-state index contributed by atoms with van der Waals surface area (Å²) in [5.41, 5.74) is 1.59. The number of carbonyl (C=O) groups is 2. The number of hydrogen-bond acceptors (Lipinski definition) is 4. The molecule has 1 amide bonds. The number of aryl methyl sites for hydroxylation is 1. The quantitative estimate of drug-likeness (QED) is 0.572. The zero-order valence-electron chi connectivity index (χ0n) is 16.3. The molecule has 0 saturated heterocycles. The standard InChI is InChI=1S/C22H19FN2O4S/c1-14-9-10-20(13-21(14)23)30(28,29)25-19-8-4-6-17(12-19)22(27)24-18-7-3-5-16(11-18)15(2)26/h3-13,25H,1-2H3,(H,24,27). The van der Waals surface area contributed by atoms with Crippen LogP contribution in [0.25, 0.3) is 0 Å². The molecule has 30 heavy (non-hydrogen) atoms. The third kappa shape index (κ3) is 4.90. The molecule has 0 fully saturated rings. The van der Waals surface area contributed by atoms with Crippen LogP contribution in [0.3, 0.4) is 0 Å². The van der Waals surface area contributed by atoms with Gasteiger partial charge >= 0.3 is 0 Å². The van der Waals surface area contributed by atoms with Crippen molar-refractivity contribution in [3.05, 3.63) is 89.2 Å². The maximum Gasteiger partial charge on any atom is 0.261 e. The molecule has 154 valence electrons. The predicted molar refractivity (Wildman–Crippen MR) is 113 cm³/mol. The van der Waals surface area contributed by atoms with Crippen LogP contribution in [0.1, 0.15) is 33.2 Å². The lowest BCUT2D eigenvalue weighted by atomic mass is 10.1. The Bertz CT molecular complexity index is 1240. The Morgan fingerprint density at radius 1 is 0.867 bits per heavy atom. The monoisotopic (exact) mass is 426 g/mol. The normalized spacial score (nSPS) is 11.0. The van der Waals surface area contributed by atoms with Crippen molar-refractivity contribution in [3.63, 3.8) is 0 Å². The SMILES string of the molecule is CC(=O)c1cccc(NC(=O)c2cccc(NS(=O)(=O)c3ccc(C)c(F)c3)c2)c1. The molecule has 6 nitrogen and oxygen atoms in total. The number of rotatable bonds is 6. The number of Topliss-reactive ketones (excluding diaryl/α,β-unsaturated/α-hetero) is 1. The third-order valence-corrected chi connectivity index (χ3v) is 5.74. The molecule has 2 N–H and O–H groups in total. The van der Waals surface area contributed by atoms with Crippen molar-refractivity contribution in [1.29, 1.82) is 0 Å². The minimum Gasteiger partial charge on any atom is -0.322 e. The molecule has 0 aliphatic carbocycles. The van der Waals surface area contributed by atoms with Gasteiger partial charge in [-0.15, -0.1) is 0 Å². The third-order valence-electron chi connectivity index (χ3n) is 4.36. The molecule has 8 heteroatoms. The molecule has 0 atom stereocenters. The second kappa shape index (κ2) is 8.46. The van der Waals surface area contributed by atoms with Crippen molar-refractivity contribution in [2.75, 3.05) is 10.0 Å². The molecule has 0 aliphatic rings. The van der Waals surface area contributed by atoms with Gasteiger partial charge in [0, 0.05) is 22.5 Å². The maximum absolute atomic E-state index is 13.7. The summed E-state index contributed by atoms with van der Waals surface area (Å²) in [4.78, 5) is 23.8. The number of ketones is 1. The van der Waals surface area contributed by atoms with E-state index in [-0.39, 0.29) is 21.9 Å². The second-order valence-electron chi connectivity index (χ2n) is 6.69. The van der Waals surface area contributed by atoms with E-state index in [1.54, 1.807) is 24.3 Å². The lowest BCUT2D eigenvalue weighted by Crippen LogP contribution is -2.15. The summed E-state index contributed by atoms with van der Waals surface area (Å²) >= 11 is 0. The van der Waals surface area contributed by atoms with E-state index in [2.05, 4.69) is 10.0 Å². The molecule has 0 radical (unpaired) electrons. The molecule has 0 unspecified atom stereocenters. The van der Waals surface area contributed by atoms with Crippen LogP contribution >= 0.6 is 0 Å². The van der Waals surface area contributed by atoms with Crippen molar-refractivity contribution >= 4 is 33.1 Å². The van der Waals surface area contributed by atoms with Crippen LogP contribution in [0.15, 0.2) is 71.6 Å². The fraction of sp³-hybridized carbons (Fsp3) is 0.0909. The summed E-state index contributed by atoms with van der Waals surface area (Å²) in [5.74, 6) is -1.23. The summed E-state index contributed by atoms with van der Waals surface area (Å²) in [7, 11) is -4.03. The van der Waals surface area contributed by atoms with Gasteiger partial charge in [0.25, 0.3) is 15.9 Å². The zero-order valence-corrected chi connectivity index (χ0v) is 17.1. The number of carbonyl (C=O) groups excluding carboxylic acids is 2. The largest absolute Gasteiger partial charge is 0.322 e. The molecule has 0 saturated carbocycles. The van der Waals surface area contributed by atoms with Crippen LogP contribution in [0, 0.1) is 12.7 Å². The van der Waals surface area contributed by atoms with E-state index in [4.69, 9.17) is 0 Å². The lowest BCUT2D eigenvalue weighted by molar-refractivity contribution is 0.101. The lowest BCUT2D eigenvalue weighted by Gasteiger charge is -2.11. The van der Waals surface area contributed by atoms with Crippen LogP contribution in [0.2, 0.25) is 0 Å². The Morgan fingerprint density at radius 2 is 1.50 bits per heavy atom. The summed E-state index contributed by atoms with van der Waals surface area (Å²) < 4.78 is 41.1. The highest BCUT2D eigenvalue weighted by molar-refractivity contribution is 7.92. The topological polar surface area (TPSA) is 92.3 Å². The number of amides is 1. The van der Waals surface area contributed by atoms with E-state index in [0.29, 0.717) is 16.8 Å². The summed E-state index contributed by atoms with van der Waals surface area (Å²) in [6, 6.07) is 16.0. The predicted octanol–water partition coefficient (Wildman–Crippen LogP) is 4.39. The molecule has 0 heterocycles. The number of hydrogen-bond donors (Lipinski definition) is 2. The van der Waals surface area contributed by atoms with Crippen molar-refractivity contribution in [2.45, 2.75) is 18.7 Å². The average Bonchev–Trinajstić information content (AvgIpc) is 2.70. The maximum atomic E-state index is 13.7. The van der Waals surface area contributed by atoms with E-state index in [0.717, 1.165) is 6.07 Å². The smallest absolute Gasteiger partial charge is 0.261 e. The summed E-state index contributed by atoms with van der Waals surface area (Å²) in [6.45, 7) is 2.96. The van der Waals surface area contributed by atoms with Gasteiger partial charge in [-0.2, -0.15) is 0 Å². The Balaban J connectivity index is 1.80. The first-order valence-electron chi connectivity index (χ1n) is 8.97. The van der Waals surface area contributed by atoms with E-state index >= 15 is 0 Å². The van der Waals surface area contributed by atoms with E-state index in [1.807, 2.05) is 0 Å². The van der Waals surface area contributed by atoms with Crippen molar-refractivity contribution in [2.24, 2.45) is 0 Å². The van der Waals surface area contributed by atoms with Gasteiger partial charge in [0.1, 0.15) is 5.82 Å². The number of halogens is 1. The molecule has 0 bridgehead atoms. The Labute approximate surface area is 173 Å². The minimum atomic E-state index is -4.03. The van der Waals surface area contributed by atoms with Crippen LogP contribution in [0.4, 0.5) is 15.8 Å². The van der Waals surface area contributed by atoms with Gasteiger partial charge in [-0.3, -0.25) is 14.3 Å². The van der Waals surface area contributed by atoms with Crippen LogP contribution in [-0.4, -0.2) is 20.1 Å². The fourth-order valence-corrected chi connectivity index (χ4v) is 3.76. The van der Waals surface area contributed by atoms with Gasteiger partial charge in [-0.1, -0.05) is 24.3 Å². The number of sulfonamides is 1. The summed E-state index contributed by atoms with van der Waals surface area (Å²) in [6.07, 6.45) is 0. The average molecular weight is 426 g/mol. The number of nitrogens with one attached hydrogen (secondary N) is 2. The van der Waals surface area contributed by atoms with Crippen LogP contribution in [-0.2, 0) is 10.0 Å². The molecule has 3 rings (SSSR count). The molecule has 0 aromatic heterocycles. The molecule has 3 aromatic rings. The molecular weight excluding hydrogens is 407 g/mol. The minimum absolute atomic E-state index is 0.130. The van der Waals surface area contributed by atoms with E-state index in [1.165, 1.54) is 50.2 Å². The Morgan fingerprint density at radius 3 is 2.17 bits per heavy atom. The second-order valence-corrected chi connectivity index (χ2v) is 8.37. The van der Waals surface area contributed by atoms with E-state index < -0.39 is 21.7 Å². The highest BCUT2D eigenvalue weighted by Crippen LogP contribution is 2.20. The van der Waals surface area contributed by atoms with Crippen LogP contribution in [0.5, 0.6) is 0 Å². The first-order chi connectivity index (χ1) is 14.2. The van der Waals surface area contributed by atoms with Crippen molar-refractivity contribution in [1.82, 2.24) is 0 Å². The molecule has 3 aromatic carbocycles. The number of benzene rings is 3. The highest BCUT2D eigenvalue weighted by atomic mass is 32.2. The van der Waals surface area contributed by atoms with Gasteiger partial charge < -0.3 is 5.32 Å². The van der Waals surface area contributed by atoms with Gasteiger partial charge in [-0.25, -0.2) is 12.8 Å². The highest BCUT2D eigenvalue weighted by Gasteiger charge is 2.17. The van der Waals surface area contributed by atoms with Crippen LogP contribution < -0.4 is 10.0 Å². The Hall–Kier alpha value is -3.52. The first kappa shape index (κ1) is 21.2. The van der Waals surface area contributed by atoms with Crippen molar-refractivity contribution < 1.29 is 22.4 Å². The zero-order chi connectivity index (χ0) is 21.9. The van der Waals surface area contributed by atoms with Gasteiger partial charge in [-0.05, 0) is 61.9 Å². The van der Waals surface area contributed by atoms with Gasteiger partial charge in [0.05, 0.1) is 4.90 Å². The molecule has 0 aliphatic heterocycles. The Kier molecular flexibility index (Phi) is 5.98. The fourth-order valence-electron chi connectivity index (χ4n) is 2.70. The molecule has 0 spiro atoms. The molecular formula is C22H19FN2O4S. The first-order valence-corrected chi connectivity index (χ1v) is 10.5. The number of anilines is 2. The van der Waals surface area contributed by atoms with Gasteiger partial charge in [0.2, 0.25) is 0 Å². The van der Waals surface area contributed by atoms with Gasteiger partial charge in [0.15, 0.2) is 5.78 Å². The van der Waals surface area contributed by atoms with E-state index in [9.17, 15) is 22.4 Å². The van der Waals surface area contributed by atoms with Crippen molar-refractivity contribution in [3.8, 4) is 0 Å². The summed E-state index contributed by atoms with van der Waals surface area (Å²) in [5, 5.41) is 2.67.